The van der Waals surface area contributed by atoms with Crippen molar-refractivity contribution in [1.29, 1.82) is 0 Å². The molecular weight excluding hydrogens is 306 g/mol. The predicted octanol–water partition coefficient (Wildman–Crippen LogP) is 2.40. The first kappa shape index (κ1) is 16.5. The van der Waals surface area contributed by atoms with E-state index < -0.39 is 0 Å². The average Bonchev–Trinajstić information content (AvgIpc) is 3.00. The van der Waals surface area contributed by atoms with E-state index in [4.69, 9.17) is 9.47 Å². The van der Waals surface area contributed by atoms with E-state index in [2.05, 4.69) is 9.55 Å². The molecule has 6 nitrogen and oxygen atoms in total. The van der Waals surface area contributed by atoms with Gasteiger partial charge in [0.1, 0.15) is 11.6 Å². The number of benzene rings is 1. The highest BCUT2D eigenvalue weighted by atomic mass is 16.5. The average molecular weight is 329 g/mol. The van der Waals surface area contributed by atoms with Crippen molar-refractivity contribution in [2.75, 3.05) is 20.3 Å². The Morgan fingerprint density at radius 1 is 1.29 bits per heavy atom. The number of nitrogens with zero attached hydrogens (tertiary/aromatic N) is 3. The maximum absolute atomic E-state index is 12.5. The van der Waals surface area contributed by atoms with Crippen molar-refractivity contribution in [1.82, 2.24) is 14.5 Å². The van der Waals surface area contributed by atoms with E-state index >= 15 is 0 Å². The first-order valence-electron chi connectivity index (χ1n) is 8.21. The van der Waals surface area contributed by atoms with Crippen LogP contribution in [-0.2, 0) is 22.7 Å². The van der Waals surface area contributed by atoms with E-state index in [0.29, 0.717) is 26.2 Å². The summed E-state index contributed by atoms with van der Waals surface area (Å²) in [5.41, 5.74) is 1.05. The van der Waals surface area contributed by atoms with Crippen LogP contribution in [0.4, 0.5) is 0 Å². The molecule has 2 heterocycles. The molecule has 0 saturated carbocycles. The quantitative estimate of drug-likeness (QED) is 0.816. The molecule has 1 amide bonds. The molecule has 0 radical (unpaired) electrons. The van der Waals surface area contributed by atoms with Crippen LogP contribution in [0.2, 0.25) is 0 Å². The largest absolute Gasteiger partial charge is 0.493 e. The SMILES string of the molecule is COCc1cnc2n1CCN(C(=O)CCOc1ccccc1)[C@@H]2C. The fourth-order valence-corrected chi connectivity index (χ4v) is 3.08. The summed E-state index contributed by atoms with van der Waals surface area (Å²) in [7, 11) is 1.68. The Morgan fingerprint density at radius 2 is 2.08 bits per heavy atom. The first-order chi connectivity index (χ1) is 11.7. The maximum Gasteiger partial charge on any atom is 0.226 e. The molecule has 1 aromatic carbocycles. The number of para-hydroxylation sites is 1. The minimum absolute atomic E-state index is 0.0337. The van der Waals surface area contributed by atoms with Crippen molar-refractivity contribution in [3.05, 3.63) is 48.0 Å². The van der Waals surface area contributed by atoms with Gasteiger partial charge in [0.05, 0.1) is 37.6 Å². The molecule has 1 aliphatic rings. The van der Waals surface area contributed by atoms with Gasteiger partial charge in [-0.3, -0.25) is 4.79 Å². The van der Waals surface area contributed by atoms with Crippen molar-refractivity contribution in [2.24, 2.45) is 0 Å². The summed E-state index contributed by atoms with van der Waals surface area (Å²) in [6.07, 6.45) is 2.20. The van der Waals surface area contributed by atoms with Crippen LogP contribution < -0.4 is 4.74 Å². The number of rotatable bonds is 6. The lowest BCUT2D eigenvalue weighted by Crippen LogP contribution is -2.42. The van der Waals surface area contributed by atoms with Crippen LogP contribution in [-0.4, -0.2) is 40.6 Å². The minimum Gasteiger partial charge on any atom is -0.493 e. The number of amides is 1. The van der Waals surface area contributed by atoms with Crippen molar-refractivity contribution in [2.45, 2.75) is 32.5 Å². The van der Waals surface area contributed by atoms with Crippen LogP contribution in [0, 0.1) is 0 Å². The van der Waals surface area contributed by atoms with Crippen molar-refractivity contribution < 1.29 is 14.3 Å². The van der Waals surface area contributed by atoms with E-state index in [1.165, 1.54) is 0 Å². The number of aromatic nitrogens is 2. The molecule has 0 spiro atoms. The lowest BCUT2D eigenvalue weighted by molar-refractivity contribution is -0.135. The number of imidazole rings is 1. The molecule has 0 N–H and O–H groups in total. The zero-order valence-electron chi connectivity index (χ0n) is 14.1. The number of hydrogen-bond donors (Lipinski definition) is 0. The first-order valence-corrected chi connectivity index (χ1v) is 8.21. The van der Waals surface area contributed by atoms with Gasteiger partial charge >= 0.3 is 0 Å². The molecule has 2 aromatic rings. The topological polar surface area (TPSA) is 56.6 Å². The molecule has 0 fully saturated rings. The molecule has 128 valence electrons. The van der Waals surface area contributed by atoms with Gasteiger partial charge in [-0.15, -0.1) is 0 Å². The number of fused-ring (bicyclic) bond motifs is 1. The highest BCUT2D eigenvalue weighted by Gasteiger charge is 2.29. The lowest BCUT2D eigenvalue weighted by Gasteiger charge is -2.34. The zero-order valence-corrected chi connectivity index (χ0v) is 14.1. The van der Waals surface area contributed by atoms with Crippen molar-refractivity contribution in [3.63, 3.8) is 0 Å². The Balaban J connectivity index is 1.58. The number of ether oxygens (including phenoxy) is 2. The van der Waals surface area contributed by atoms with E-state index in [0.717, 1.165) is 23.8 Å². The van der Waals surface area contributed by atoms with Gasteiger partial charge in [-0.25, -0.2) is 4.98 Å². The molecule has 1 aliphatic heterocycles. The van der Waals surface area contributed by atoms with E-state index in [-0.39, 0.29) is 11.9 Å². The van der Waals surface area contributed by atoms with E-state index in [1.807, 2.05) is 48.4 Å². The van der Waals surface area contributed by atoms with Crippen molar-refractivity contribution in [3.8, 4) is 5.75 Å². The Kier molecular flexibility index (Phi) is 5.15. The number of carbonyl (C=O) groups is 1. The normalized spacial score (nSPS) is 16.8. The van der Waals surface area contributed by atoms with Crippen LogP contribution >= 0.6 is 0 Å². The molecule has 24 heavy (non-hydrogen) atoms. The Bertz CT molecular complexity index is 684. The fourth-order valence-electron chi connectivity index (χ4n) is 3.08. The highest BCUT2D eigenvalue weighted by molar-refractivity contribution is 5.76. The van der Waals surface area contributed by atoms with Crippen molar-refractivity contribution >= 4 is 5.91 Å². The minimum atomic E-state index is -0.0337. The monoisotopic (exact) mass is 329 g/mol. The van der Waals surface area contributed by atoms with Gasteiger partial charge in [-0.2, -0.15) is 0 Å². The molecule has 0 aliphatic carbocycles. The van der Waals surface area contributed by atoms with Gasteiger partial charge in [-0.1, -0.05) is 18.2 Å². The smallest absolute Gasteiger partial charge is 0.226 e. The van der Waals surface area contributed by atoms with Crippen LogP contribution in [0.5, 0.6) is 5.75 Å². The van der Waals surface area contributed by atoms with Gasteiger partial charge in [0.2, 0.25) is 5.91 Å². The van der Waals surface area contributed by atoms with E-state index in [9.17, 15) is 4.79 Å². The molecule has 1 aromatic heterocycles. The van der Waals surface area contributed by atoms with Crippen LogP contribution in [0.1, 0.15) is 30.9 Å². The Morgan fingerprint density at radius 3 is 2.83 bits per heavy atom. The van der Waals surface area contributed by atoms with Gasteiger partial charge in [-0.05, 0) is 19.1 Å². The molecule has 6 heteroatoms. The second kappa shape index (κ2) is 7.49. The lowest BCUT2D eigenvalue weighted by atomic mass is 10.2. The maximum atomic E-state index is 12.5. The van der Waals surface area contributed by atoms with Gasteiger partial charge in [0, 0.05) is 20.2 Å². The summed E-state index contributed by atoms with van der Waals surface area (Å²) in [6.45, 7) is 4.38. The summed E-state index contributed by atoms with van der Waals surface area (Å²) < 4.78 is 13.0. The Hall–Kier alpha value is -2.34. The molecular formula is C18H23N3O3. The molecule has 1 atom stereocenters. The summed E-state index contributed by atoms with van der Waals surface area (Å²) in [4.78, 5) is 18.9. The summed E-state index contributed by atoms with van der Waals surface area (Å²) in [5, 5.41) is 0. The predicted molar refractivity (Wildman–Crippen MR) is 89.6 cm³/mol. The molecule has 3 rings (SSSR count). The Labute approximate surface area is 142 Å². The third kappa shape index (κ3) is 3.43. The van der Waals surface area contributed by atoms with Crippen LogP contribution in [0.3, 0.4) is 0 Å². The van der Waals surface area contributed by atoms with Crippen LogP contribution in [0.15, 0.2) is 36.5 Å². The zero-order chi connectivity index (χ0) is 16.9. The molecule has 0 saturated heterocycles. The van der Waals surface area contributed by atoms with Crippen LogP contribution in [0.25, 0.3) is 0 Å². The summed E-state index contributed by atoms with van der Waals surface area (Å²) in [6, 6.07) is 9.52. The summed E-state index contributed by atoms with van der Waals surface area (Å²) >= 11 is 0. The van der Waals surface area contributed by atoms with E-state index in [1.54, 1.807) is 7.11 Å². The van der Waals surface area contributed by atoms with Gasteiger partial charge in [0.25, 0.3) is 0 Å². The fraction of sp³-hybridized carbons (Fsp3) is 0.444. The highest BCUT2D eigenvalue weighted by Crippen LogP contribution is 2.26. The summed E-state index contributed by atoms with van der Waals surface area (Å²) in [5.74, 6) is 1.81. The number of carbonyl (C=O) groups excluding carboxylic acids is 1. The third-order valence-corrected chi connectivity index (χ3v) is 4.32. The molecule has 0 bridgehead atoms. The molecule has 0 unspecified atom stereocenters. The standard InChI is InChI=1S/C18H23N3O3/c1-14-18-19-12-15(13-23-2)21(18)10-9-20(14)17(22)8-11-24-16-6-4-3-5-7-16/h3-7,12,14H,8-11,13H2,1-2H3/t14-/m1/s1. The van der Waals surface area contributed by atoms with Gasteiger partial charge in [0.15, 0.2) is 0 Å². The third-order valence-electron chi connectivity index (χ3n) is 4.32. The number of methoxy groups -OCH3 is 1. The number of hydrogen-bond acceptors (Lipinski definition) is 4. The second-order valence-corrected chi connectivity index (χ2v) is 5.87. The second-order valence-electron chi connectivity index (χ2n) is 5.87. The van der Waals surface area contributed by atoms with Gasteiger partial charge < -0.3 is 18.9 Å².